The Kier molecular flexibility index (Phi) is 6.40. The molecule has 1 rings (SSSR count). The van der Waals surface area contributed by atoms with E-state index in [4.69, 9.17) is 0 Å². The third-order valence-corrected chi connectivity index (χ3v) is 2.91. The molecule has 0 saturated heterocycles. The van der Waals surface area contributed by atoms with Gasteiger partial charge in [0.05, 0.1) is 0 Å². The van der Waals surface area contributed by atoms with E-state index < -0.39 is 0 Å². The second kappa shape index (κ2) is 6.42. The van der Waals surface area contributed by atoms with E-state index in [1.54, 1.807) is 0 Å². The van der Waals surface area contributed by atoms with Crippen molar-refractivity contribution in [3.05, 3.63) is 0 Å². The highest BCUT2D eigenvalue weighted by Crippen LogP contribution is 2.39. The predicted octanol–water partition coefficient (Wildman–Crippen LogP) is 3.59. The zero-order chi connectivity index (χ0) is 10.3. The van der Waals surface area contributed by atoms with Crippen LogP contribution in [0.25, 0.3) is 0 Å². The van der Waals surface area contributed by atoms with Crippen LogP contribution in [0.5, 0.6) is 0 Å². The second-order valence-corrected chi connectivity index (χ2v) is 4.07. The summed E-state index contributed by atoms with van der Waals surface area (Å²) in [6, 6.07) is 0. The maximum Gasteiger partial charge on any atom is 0.0184 e. The second-order valence-electron chi connectivity index (χ2n) is 4.07. The van der Waals surface area contributed by atoms with Crippen LogP contribution in [-0.4, -0.2) is 12.1 Å². The van der Waals surface area contributed by atoms with Crippen molar-refractivity contribution in [2.24, 2.45) is 5.92 Å². The molecule has 0 radical (unpaired) electrons. The molecule has 0 heterocycles. The molecular weight excluding hydrogens is 158 g/mol. The largest absolute Gasteiger partial charge is 0.311 e. The molecule has 1 heteroatoms. The first-order valence-corrected chi connectivity index (χ1v) is 5.97. The summed E-state index contributed by atoms with van der Waals surface area (Å²) < 4.78 is 0. The van der Waals surface area contributed by atoms with Gasteiger partial charge in [0.1, 0.15) is 0 Å². The van der Waals surface area contributed by atoms with Crippen LogP contribution in [0, 0.1) is 5.92 Å². The van der Waals surface area contributed by atoms with E-state index >= 15 is 0 Å². The predicted molar refractivity (Wildman–Crippen MR) is 61.1 cm³/mol. The van der Waals surface area contributed by atoms with Crippen molar-refractivity contribution in [2.45, 2.75) is 65.8 Å². The van der Waals surface area contributed by atoms with E-state index in [2.05, 4.69) is 26.1 Å². The lowest BCUT2D eigenvalue weighted by atomic mass is 9.67. The van der Waals surface area contributed by atoms with E-state index in [0.29, 0.717) is 5.54 Å². The fraction of sp³-hybridized carbons (Fsp3) is 1.00. The molecule has 1 N–H and O–H groups in total. The molecular formula is C12H27N. The molecule has 0 amide bonds. The molecule has 1 saturated carbocycles. The molecule has 1 aliphatic carbocycles. The van der Waals surface area contributed by atoms with E-state index in [9.17, 15) is 0 Å². The molecule has 13 heavy (non-hydrogen) atoms. The molecule has 0 atom stereocenters. The highest BCUT2D eigenvalue weighted by Gasteiger charge is 2.39. The van der Waals surface area contributed by atoms with Crippen molar-refractivity contribution in [2.75, 3.05) is 6.54 Å². The van der Waals surface area contributed by atoms with Crippen molar-refractivity contribution in [1.82, 2.24) is 5.32 Å². The van der Waals surface area contributed by atoms with Crippen molar-refractivity contribution >= 4 is 0 Å². The average Bonchev–Trinajstić information content (AvgIpc) is 2.14. The fourth-order valence-corrected chi connectivity index (χ4v) is 2.22. The van der Waals surface area contributed by atoms with Gasteiger partial charge in [0.15, 0.2) is 0 Å². The lowest BCUT2D eigenvalue weighted by Crippen LogP contribution is -2.54. The van der Waals surface area contributed by atoms with Crippen molar-refractivity contribution in [1.29, 1.82) is 0 Å². The highest BCUT2D eigenvalue weighted by molar-refractivity contribution is 4.98. The minimum atomic E-state index is 0.537. The Morgan fingerprint density at radius 3 is 2.08 bits per heavy atom. The first kappa shape index (κ1) is 13.0. The summed E-state index contributed by atoms with van der Waals surface area (Å²) in [4.78, 5) is 0. The minimum Gasteiger partial charge on any atom is -0.311 e. The lowest BCUT2D eigenvalue weighted by molar-refractivity contribution is 0.111. The Bertz CT molecular complexity index is 114. The van der Waals surface area contributed by atoms with Crippen molar-refractivity contribution in [3.8, 4) is 0 Å². The molecule has 80 valence electrons. The molecule has 1 aliphatic rings. The zero-order valence-electron chi connectivity index (χ0n) is 10.1. The van der Waals surface area contributed by atoms with Gasteiger partial charge in [-0.3, -0.25) is 0 Å². The smallest absolute Gasteiger partial charge is 0.0184 e. The molecule has 0 aliphatic heterocycles. The Morgan fingerprint density at radius 1 is 1.23 bits per heavy atom. The van der Waals surface area contributed by atoms with Crippen LogP contribution < -0.4 is 5.32 Å². The van der Waals surface area contributed by atoms with Crippen LogP contribution in [0.2, 0.25) is 0 Å². The zero-order valence-corrected chi connectivity index (χ0v) is 10.1. The average molecular weight is 185 g/mol. The van der Waals surface area contributed by atoms with Crippen LogP contribution in [0.3, 0.4) is 0 Å². The molecule has 1 nitrogen and oxygen atoms in total. The van der Waals surface area contributed by atoms with Gasteiger partial charge >= 0.3 is 0 Å². The third kappa shape index (κ3) is 3.68. The Balaban J connectivity index is 0.000000671. The maximum atomic E-state index is 3.66. The Morgan fingerprint density at radius 2 is 1.77 bits per heavy atom. The van der Waals surface area contributed by atoms with Crippen LogP contribution >= 0.6 is 0 Å². The first-order chi connectivity index (χ1) is 6.22. The van der Waals surface area contributed by atoms with Crippen LogP contribution in [0.1, 0.15) is 60.3 Å². The van der Waals surface area contributed by atoms with E-state index in [-0.39, 0.29) is 0 Å². The minimum absolute atomic E-state index is 0.537. The number of hydrogen-bond donors (Lipinski definition) is 1. The Labute approximate surface area is 84.3 Å². The van der Waals surface area contributed by atoms with Crippen LogP contribution in [0.15, 0.2) is 0 Å². The summed E-state index contributed by atoms with van der Waals surface area (Å²) in [6.45, 7) is 12.1. The standard InChI is InChI=1S/C10H21N.C2H6/c1-4-6-11-10(5-2)7-9(3)8-10;1-2/h9,11H,4-8H2,1-3H3;1-2H3. The Hall–Kier alpha value is -0.0400. The van der Waals surface area contributed by atoms with Crippen molar-refractivity contribution in [3.63, 3.8) is 0 Å². The van der Waals surface area contributed by atoms with Gasteiger partial charge in [-0.1, -0.05) is 34.6 Å². The molecule has 0 unspecified atom stereocenters. The summed E-state index contributed by atoms with van der Waals surface area (Å²) in [5.41, 5.74) is 0.537. The molecule has 0 aromatic rings. The van der Waals surface area contributed by atoms with E-state index in [1.165, 1.54) is 32.2 Å². The molecule has 0 bridgehead atoms. The summed E-state index contributed by atoms with van der Waals surface area (Å²) in [7, 11) is 0. The first-order valence-electron chi connectivity index (χ1n) is 5.97. The molecule has 0 spiro atoms. The third-order valence-electron chi connectivity index (χ3n) is 2.91. The van der Waals surface area contributed by atoms with Crippen molar-refractivity contribution < 1.29 is 0 Å². The number of rotatable bonds is 4. The number of nitrogens with one attached hydrogen (secondary N) is 1. The van der Waals surface area contributed by atoms with Gasteiger partial charge in [0.2, 0.25) is 0 Å². The fourth-order valence-electron chi connectivity index (χ4n) is 2.22. The van der Waals surface area contributed by atoms with Gasteiger partial charge in [-0.05, 0) is 38.1 Å². The van der Waals surface area contributed by atoms with Gasteiger partial charge in [-0.15, -0.1) is 0 Å². The highest BCUT2D eigenvalue weighted by atomic mass is 15.0. The summed E-state index contributed by atoms with van der Waals surface area (Å²) in [6.07, 6.45) is 5.35. The maximum absolute atomic E-state index is 3.66. The molecule has 0 aromatic carbocycles. The van der Waals surface area contributed by atoms with Gasteiger partial charge < -0.3 is 5.32 Å². The number of hydrogen-bond acceptors (Lipinski definition) is 1. The quantitative estimate of drug-likeness (QED) is 0.706. The van der Waals surface area contributed by atoms with Crippen LogP contribution in [0.4, 0.5) is 0 Å². The monoisotopic (exact) mass is 185 g/mol. The molecule has 1 fully saturated rings. The van der Waals surface area contributed by atoms with Gasteiger partial charge in [-0.25, -0.2) is 0 Å². The topological polar surface area (TPSA) is 12.0 Å². The van der Waals surface area contributed by atoms with Gasteiger partial charge in [-0.2, -0.15) is 0 Å². The summed E-state index contributed by atoms with van der Waals surface area (Å²) in [5.74, 6) is 0.958. The van der Waals surface area contributed by atoms with E-state index in [0.717, 1.165) is 5.92 Å². The lowest BCUT2D eigenvalue weighted by Gasteiger charge is -2.47. The van der Waals surface area contributed by atoms with Gasteiger partial charge in [0, 0.05) is 5.54 Å². The van der Waals surface area contributed by atoms with Gasteiger partial charge in [0.25, 0.3) is 0 Å². The summed E-state index contributed by atoms with van der Waals surface area (Å²) >= 11 is 0. The normalized spacial score (nSPS) is 31.6. The van der Waals surface area contributed by atoms with Crippen LogP contribution in [-0.2, 0) is 0 Å². The SMILES string of the molecule is CC.CCCNC1(CC)CC(C)C1. The van der Waals surface area contributed by atoms with E-state index in [1.807, 2.05) is 13.8 Å². The summed E-state index contributed by atoms with van der Waals surface area (Å²) in [5, 5.41) is 3.66. The molecule has 0 aromatic heterocycles.